The molecule has 1 aromatic heterocycles. The van der Waals surface area contributed by atoms with E-state index >= 15 is 0 Å². The molecule has 0 spiro atoms. The van der Waals surface area contributed by atoms with Gasteiger partial charge in [0, 0.05) is 7.05 Å². The zero-order chi connectivity index (χ0) is 20.2. The van der Waals surface area contributed by atoms with Crippen molar-refractivity contribution in [2.24, 2.45) is 0 Å². The van der Waals surface area contributed by atoms with Gasteiger partial charge in [-0.2, -0.15) is 26.3 Å². The van der Waals surface area contributed by atoms with Gasteiger partial charge < -0.3 is 4.74 Å². The molecule has 0 aliphatic carbocycles. The Labute approximate surface area is 156 Å². The number of anilines is 1. The minimum Gasteiger partial charge on any atom is -0.445 e. The van der Waals surface area contributed by atoms with Crippen LogP contribution in [0.25, 0.3) is 0 Å². The van der Waals surface area contributed by atoms with Gasteiger partial charge in [0.05, 0.1) is 11.3 Å². The van der Waals surface area contributed by atoms with Crippen LogP contribution < -0.4 is 14.8 Å². The van der Waals surface area contributed by atoms with Crippen LogP contribution in [0.2, 0.25) is 0 Å². The maximum Gasteiger partial charge on any atom is 0.416 e. The number of thiazole rings is 1. The molecule has 2 aromatic rings. The first-order valence-electron chi connectivity index (χ1n) is 7.20. The van der Waals surface area contributed by atoms with Gasteiger partial charge in [-0.15, -0.1) is 0 Å². The maximum absolute atomic E-state index is 12.7. The Balaban J connectivity index is 2.05. The number of rotatable bonds is 7. The quantitative estimate of drug-likeness (QED) is 0.707. The van der Waals surface area contributed by atoms with Crippen LogP contribution in [-0.4, -0.2) is 33.0 Å². The van der Waals surface area contributed by atoms with Gasteiger partial charge in [0.1, 0.15) is 12.4 Å². The summed E-state index contributed by atoms with van der Waals surface area (Å²) in [5.74, 6) is -0.828. The minimum atomic E-state index is -4.51. The van der Waals surface area contributed by atoms with Crippen molar-refractivity contribution in [3.8, 4) is 10.8 Å². The van der Waals surface area contributed by atoms with Crippen molar-refractivity contribution in [1.82, 2.24) is 9.71 Å². The van der Waals surface area contributed by atoms with Gasteiger partial charge in [-0.05, 0) is 25.1 Å². The van der Waals surface area contributed by atoms with Crippen LogP contribution in [0.4, 0.5) is 18.3 Å². The highest BCUT2D eigenvalue weighted by Crippen LogP contribution is 2.36. The molecule has 0 atom stereocenters. The highest BCUT2D eigenvalue weighted by Gasteiger charge is 2.30. The Hall–Kier alpha value is -2.22. The standard InChI is InChI=1S/C14H14F3N3O5S2/c1-8-12(25-10-5-3-4-9(6-10)14(15,16)17)26-13(19-8)20-11(21)7-24-27(22,23)18-2/h3-6,18H,7H2,1-2H3,(H,19,20,21). The van der Waals surface area contributed by atoms with E-state index < -0.39 is 34.6 Å². The first-order chi connectivity index (χ1) is 12.5. The second kappa shape index (κ2) is 8.21. The summed E-state index contributed by atoms with van der Waals surface area (Å²) in [5, 5.41) is 2.56. The lowest BCUT2D eigenvalue weighted by Crippen LogP contribution is -2.27. The van der Waals surface area contributed by atoms with Crippen LogP contribution in [0.3, 0.4) is 0 Å². The number of amides is 1. The molecule has 2 N–H and O–H groups in total. The topological polar surface area (TPSA) is 107 Å². The van der Waals surface area contributed by atoms with E-state index in [4.69, 9.17) is 4.74 Å². The maximum atomic E-state index is 12.7. The Morgan fingerprint density at radius 2 is 2.04 bits per heavy atom. The molecule has 0 aliphatic rings. The molecular weight excluding hydrogens is 411 g/mol. The van der Waals surface area contributed by atoms with E-state index in [1.165, 1.54) is 19.1 Å². The summed E-state index contributed by atoms with van der Waals surface area (Å²) in [6.45, 7) is 0.767. The largest absolute Gasteiger partial charge is 0.445 e. The lowest BCUT2D eigenvalue weighted by Gasteiger charge is -2.09. The van der Waals surface area contributed by atoms with E-state index in [1.807, 2.05) is 4.72 Å². The van der Waals surface area contributed by atoms with Crippen LogP contribution in [0.1, 0.15) is 11.3 Å². The van der Waals surface area contributed by atoms with Gasteiger partial charge in [0.15, 0.2) is 5.13 Å². The van der Waals surface area contributed by atoms with E-state index in [2.05, 4.69) is 14.5 Å². The van der Waals surface area contributed by atoms with Crippen molar-refractivity contribution >= 4 is 32.7 Å². The molecule has 2 rings (SSSR count). The van der Waals surface area contributed by atoms with Crippen LogP contribution in [0, 0.1) is 6.92 Å². The Morgan fingerprint density at radius 1 is 1.33 bits per heavy atom. The van der Waals surface area contributed by atoms with E-state index in [0.29, 0.717) is 5.69 Å². The fourth-order valence-corrected chi connectivity index (χ4v) is 2.95. The highest BCUT2D eigenvalue weighted by atomic mass is 32.2. The van der Waals surface area contributed by atoms with Crippen molar-refractivity contribution in [3.63, 3.8) is 0 Å². The summed E-state index contributed by atoms with van der Waals surface area (Å²) in [7, 11) is -2.89. The number of carbonyl (C=O) groups excluding carboxylic acids is 1. The summed E-state index contributed by atoms with van der Waals surface area (Å²) >= 11 is 0.868. The smallest absolute Gasteiger partial charge is 0.416 e. The molecule has 0 saturated carbocycles. The zero-order valence-corrected chi connectivity index (χ0v) is 15.6. The van der Waals surface area contributed by atoms with Crippen LogP contribution >= 0.6 is 11.3 Å². The molecule has 148 valence electrons. The predicted molar refractivity (Wildman–Crippen MR) is 90.9 cm³/mol. The van der Waals surface area contributed by atoms with Crippen molar-refractivity contribution in [2.75, 3.05) is 19.0 Å². The zero-order valence-electron chi connectivity index (χ0n) is 14.0. The summed E-state index contributed by atoms with van der Waals surface area (Å²) in [5.41, 5.74) is -0.532. The molecule has 27 heavy (non-hydrogen) atoms. The van der Waals surface area contributed by atoms with Gasteiger partial charge in [-0.1, -0.05) is 17.4 Å². The normalized spacial score (nSPS) is 12.0. The average molecular weight is 425 g/mol. The Morgan fingerprint density at radius 3 is 2.67 bits per heavy atom. The molecule has 0 unspecified atom stereocenters. The summed E-state index contributed by atoms with van der Waals surface area (Å²) in [6, 6.07) is 4.31. The number of aromatic nitrogens is 1. The van der Waals surface area contributed by atoms with E-state index in [9.17, 15) is 26.4 Å². The first kappa shape index (κ1) is 21.1. The van der Waals surface area contributed by atoms with Crippen molar-refractivity contribution < 1.29 is 35.3 Å². The van der Waals surface area contributed by atoms with E-state index in [1.54, 1.807) is 0 Å². The van der Waals surface area contributed by atoms with Gasteiger partial charge in [-0.25, -0.2) is 9.17 Å². The molecule has 0 aliphatic heterocycles. The molecule has 0 fully saturated rings. The minimum absolute atomic E-state index is 0.0436. The second-order valence-electron chi connectivity index (χ2n) is 4.99. The molecule has 0 saturated heterocycles. The molecule has 8 nitrogen and oxygen atoms in total. The van der Waals surface area contributed by atoms with Crippen LogP contribution in [0.15, 0.2) is 24.3 Å². The predicted octanol–water partition coefficient (Wildman–Crippen LogP) is 2.68. The van der Waals surface area contributed by atoms with Gasteiger partial charge in [0.2, 0.25) is 5.06 Å². The molecule has 1 aromatic carbocycles. The van der Waals surface area contributed by atoms with Gasteiger partial charge >= 0.3 is 16.5 Å². The van der Waals surface area contributed by atoms with E-state index in [-0.39, 0.29) is 15.9 Å². The molecular formula is C14H14F3N3O5S2. The van der Waals surface area contributed by atoms with Gasteiger partial charge in [0.25, 0.3) is 5.91 Å². The number of halogens is 3. The summed E-state index contributed by atoms with van der Waals surface area (Å²) < 4.78 is 72.1. The number of nitrogens with one attached hydrogen (secondary N) is 2. The van der Waals surface area contributed by atoms with Gasteiger partial charge in [-0.3, -0.25) is 10.1 Å². The molecule has 0 radical (unpaired) electrons. The molecule has 1 amide bonds. The Bertz CT molecular complexity index is 928. The SMILES string of the molecule is CNS(=O)(=O)OCC(=O)Nc1nc(C)c(Oc2cccc(C(F)(F)F)c2)s1. The molecule has 0 bridgehead atoms. The monoisotopic (exact) mass is 425 g/mol. The lowest BCUT2D eigenvalue weighted by atomic mass is 10.2. The third-order valence-electron chi connectivity index (χ3n) is 2.97. The fraction of sp³-hybridized carbons (Fsp3) is 0.286. The first-order valence-corrected chi connectivity index (χ1v) is 9.43. The number of hydrogen-bond donors (Lipinski definition) is 2. The number of alkyl halides is 3. The fourth-order valence-electron chi connectivity index (χ4n) is 1.72. The molecule has 1 heterocycles. The Kier molecular flexibility index (Phi) is 6.41. The van der Waals surface area contributed by atoms with Crippen LogP contribution in [0.5, 0.6) is 10.8 Å². The third-order valence-corrected chi connectivity index (χ3v) is 4.85. The highest BCUT2D eigenvalue weighted by molar-refractivity contribution is 7.84. The number of benzene rings is 1. The van der Waals surface area contributed by atoms with Crippen LogP contribution in [-0.2, 0) is 25.5 Å². The molecule has 13 heteroatoms. The average Bonchev–Trinajstić information content (AvgIpc) is 2.92. The number of carbonyl (C=O) groups is 1. The third kappa shape index (κ3) is 6.16. The number of aryl methyl sites for hydroxylation is 1. The number of ether oxygens (including phenoxy) is 1. The second-order valence-corrected chi connectivity index (χ2v) is 7.50. The van der Waals surface area contributed by atoms with E-state index in [0.717, 1.165) is 30.5 Å². The van der Waals surface area contributed by atoms with Crippen molar-refractivity contribution in [1.29, 1.82) is 0 Å². The van der Waals surface area contributed by atoms with Crippen molar-refractivity contribution in [2.45, 2.75) is 13.1 Å². The summed E-state index contributed by atoms with van der Waals surface area (Å²) in [4.78, 5) is 15.7. The van der Waals surface area contributed by atoms with Crippen molar-refractivity contribution in [3.05, 3.63) is 35.5 Å². The number of hydrogen-bond acceptors (Lipinski definition) is 7. The summed E-state index contributed by atoms with van der Waals surface area (Å²) in [6.07, 6.45) is -4.51. The number of nitrogens with zero attached hydrogens (tertiary/aromatic N) is 1. The lowest BCUT2D eigenvalue weighted by molar-refractivity contribution is -0.137.